The number of nitrogens with one attached hydrogen (secondary N) is 8. The number of amides is 6. The van der Waals surface area contributed by atoms with E-state index in [1.165, 1.54) is 74.5 Å². The van der Waals surface area contributed by atoms with Crippen molar-refractivity contribution in [1.29, 1.82) is 0 Å². The van der Waals surface area contributed by atoms with Gasteiger partial charge in [-0.25, -0.2) is 19.6 Å². The molecule has 21 N–H and O–H groups in total. The highest BCUT2D eigenvalue weighted by Gasteiger charge is 2.52. The predicted octanol–water partition coefficient (Wildman–Crippen LogP) is 2.85. The number of fused-ring (bicyclic) bond motifs is 7. The number of benzene rings is 5. The lowest BCUT2D eigenvalue weighted by Crippen LogP contribution is -2.56. The minimum absolute atomic E-state index is 0.0114. The van der Waals surface area contributed by atoms with E-state index in [2.05, 4.69) is 63.1 Å². The number of methoxy groups -OCH3 is 1. The number of aliphatic hydroxyl groups excluding tert-OH is 2. The Morgan fingerprint density at radius 3 is 1.84 bits per heavy atom. The second-order valence-corrected chi connectivity index (χ2v) is 38.8. The molecule has 1 saturated heterocycles. The van der Waals surface area contributed by atoms with Gasteiger partial charge in [0.25, 0.3) is 11.5 Å². The van der Waals surface area contributed by atoms with Crippen LogP contribution >= 0.6 is 33.3 Å². The molecule has 14 atom stereocenters. The van der Waals surface area contributed by atoms with Crippen molar-refractivity contribution in [2.24, 2.45) is 23.7 Å². The van der Waals surface area contributed by atoms with Crippen molar-refractivity contribution in [2.45, 2.75) is 176 Å². The SMILES string of the molecule is C#CC[C@H](NC(=O)[C@H](CC(=O)O)CC(=O)CC[C@H](NC(=O)c1ccc(NCc2cnc3nc(N)[nH]c(=O)c3n2)cc1)C(=O)O)C(=O)C[C@@H](CC(=O)O)C(=O)N[C@@H](CC(=O)O)C(=O)C[C@@H](CNC(=O)CCSCC1c2ccccc2-c2ccccc21)C(=O)N[C@@H](CC(=O)O)C(=O)C[C@@H](CSSCCOC(=O)NC1CC(O[C@H]2C[C@](O)(C(=O)CO)Cc3c(O)c4c(c(O)c32)C(=O)c2c(OC)cccc2C4=O)OC(C)C1O)C(=O)O. The third-order valence-electron chi connectivity index (χ3n) is 24.8. The number of anilines is 2. The number of carboxylic acids is 6. The van der Waals surface area contributed by atoms with E-state index in [4.69, 9.17) is 31.1 Å². The fourth-order valence-electron chi connectivity index (χ4n) is 17.3. The number of carbonyl (C=O) groups excluding carboxylic acids is 13. The summed E-state index contributed by atoms with van der Waals surface area (Å²) in [6.45, 7) is -1.03. The number of thioether (sulfide) groups is 1. The van der Waals surface area contributed by atoms with Crippen molar-refractivity contribution in [1.82, 2.24) is 51.8 Å². The van der Waals surface area contributed by atoms with E-state index in [0.29, 0.717) is 17.1 Å². The zero-order chi connectivity index (χ0) is 107. The molecule has 0 saturated carbocycles. The minimum atomic E-state index is -2.52. The maximum absolute atomic E-state index is 14.7. The van der Waals surface area contributed by atoms with Gasteiger partial charge >= 0.3 is 41.9 Å². The van der Waals surface area contributed by atoms with Crippen molar-refractivity contribution >= 4 is 168 Å². The smallest absolute Gasteiger partial charge is 0.407 e. The predicted molar refractivity (Wildman–Crippen MR) is 518 cm³/mol. The Kier molecular flexibility index (Phi) is 39.0. The van der Waals surface area contributed by atoms with Crippen LogP contribution in [0.25, 0.3) is 22.3 Å². The molecular weight excluding hydrogens is 1990 g/mol. The maximum Gasteiger partial charge on any atom is 0.407 e. The molecule has 1 aliphatic heterocycles. The molecule has 4 unspecified atom stereocenters. The van der Waals surface area contributed by atoms with Crippen LogP contribution in [-0.4, -0.2) is 292 Å². The summed E-state index contributed by atoms with van der Waals surface area (Å²) in [5.74, 6) is -30.9. The third kappa shape index (κ3) is 29.0. The van der Waals surface area contributed by atoms with Gasteiger partial charge in [0.05, 0.1) is 128 Å². The summed E-state index contributed by atoms with van der Waals surface area (Å²) in [4.78, 5) is 284. The topological polar surface area (TPSA) is 766 Å². The molecule has 3 heterocycles. The second-order valence-electron chi connectivity index (χ2n) is 35.0. The van der Waals surface area contributed by atoms with Crippen molar-refractivity contribution in [3.05, 3.63) is 163 Å². The zero-order valence-electron chi connectivity index (χ0n) is 78.5. The second kappa shape index (κ2) is 51.1. The van der Waals surface area contributed by atoms with Gasteiger partial charge in [-0.3, -0.25) is 91.3 Å². The lowest BCUT2D eigenvalue weighted by molar-refractivity contribution is -0.249. The van der Waals surface area contributed by atoms with Crippen LogP contribution in [0.3, 0.4) is 0 Å². The van der Waals surface area contributed by atoms with Gasteiger partial charge in [-0.15, -0.1) is 12.3 Å². The van der Waals surface area contributed by atoms with Crippen LogP contribution in [0.4, 0.5) is 16.4 Å². The van der Waals surface area contributed by atoms with Crippen molar-refractivity contribution in [3.8, 4) is 40.7 Å². The molecule has 5 aromatic carbocycles. The summed E-state index contributed by atoms with van der Waals surface area (Å²) >= 11 is 1.40. The molecule has 4 aliphatic rings. The van der Waals surface area contributed by atoms with E-state index in [-0.39, 0.29) is 75.5 Å². The molecule has 0 radical (unpaired) electrons. The first-order valence-electron chi connectivity index (χ1n) is 45.8. The number of alkyl carbamates (subject to hydrolysis) is 1. The number of rotatable bonds is 55. The van der Waals surface area contributed by atoms with E-state index < -0.39 is 345 Å². The number of phenols is 2. The number of nitrogen functional groups attached to an aromatic ring is 1. The molecule has 0 spiro atoms. The number of phenolic OH excluding ortho intramolecular Hbond substituents is 2. The van der Waals surface area contributed by atoms with Gasteiger partial charge in [0, 0.05) is 128 Å². The minimum Gasteiger partial charge on any atom is -0.507 e. The van der Waals surface area contributed by atoms with Crippen LogP contribution in [0.2, 0.25) is 0 Å². The average Bonchev–Trinajstić information content (AvgIpc) is 1.06. The van der Waals surface area contributed by atoms with Crippen LogP contribution in [0.15, 0.2) is 102 Å². The molecule has 2 aromatic heterocycles. The number of hydrogen-bond donors (Lipinski definition) is 20. The van der Waals surface area contributed by atoms with Gasteiger partial charge in [-0.05, 0) is 65.9 Å². The number of H-pyrrole nitrogens is 1. The Balaban J connectivity index is 0.702. The molecular formula is C97H104N12O35S3. The Morgan fingerprint density at radius 2 is 1.23 bits per heavy atom. The van der Waals surface area contributed by atoms with E-state index in [1.54, 1.807) is 0 Å². The van der Waals surface area contributed by atoms with Crippen molar-refractivity contribution in [3.63, 3.8) is 0 Å². The number of carbonyl (C=O) groups is 19. The van der Waals surface area contributed by atoms with Crippen molar-refractivity contribution < 1.29 is 166 Å². The lowest BCUT2D eigenvalue weighted by Gasteiger charge is -2.42. The van der Waals surface area contributed by atoms with E-state index in [1.807, 2.05) is 48.5 Å². The average molecular weight is 2090 g/mol. The number of ether oxygens (including phenoxy) is 4. The first-order valence-corrected chi connectivity index (χ1v) is 49.4. The van der Waals surface area contributed by atoms with Crippen LogP contribution < -0.4 is 53.2 Å². The van der Waals surface area contributed by atoms with Gasteiger partial charge < -0.3 is 118 Å². The Hall–Kier alpha value is -15.1. The van der Waals surface area contributed by atoms with Gasteiger partial charge in [0.2, 0.25) is 35.4 Å². The summed E-state index contributed by atoms with van der Waals surface area (Å²) in [6.07, 6.45) is -13.4. The third-order valence-corrected chi connectivity index (χ3v) is 28.3. The molecule has 11 rings (SSSR count). The number of aromatic hydroxyl groups is 2. The molecule has 7 aromatic rings. The quantitative estimate of drug-likeness (QED) is 0.0113. The highest BCUT2D eigenvalue weighted by Crippen LogP contribution is 2.53. The molecule has 780 valence electrons. The molecule has 3 aliphatic carbocycles. The maximum atomic E-state index is 14.7. The number of nitrogens with zero attached hydrogens (tertiary/aromatic N) is 3. The van der Waals surface area contributed by atoms with Gasteiger partial charge in [-0.2, -0.15) is 16.7 Å². The molecule has 6 amide bonds. The molecule has 147 heavy (non-hydrogen) atoms. The summed E-state index contributed by atoms with van der Waals surface area (Å²) in [5, 5.41) is 134. The summed E-state index contributed by atoms with van der Waals surface area (Å²) < 4.78 is 22.8. The number of carboxylic acid groups (broad SMARTS) is 6. The first-order chi connectivity index (χ1) is 69.9. The number of terminal acetylenes is 1. The number of Topliss-reactive ketones (excluding diaryl/α,β-unsaturated/α-hetero) is 5. The molecule has 50 heteroatoms. The number of hydrogen-bond acceptors (Lipinski definition) is 37. The summed E-state index contributed by atoms with van der Waals surface area (Å²) in [6, 6.07) is 16.0. The zero-order valence-corrected chi connectivity index (χ0v) is 81.0. The Morgan fingerprint density at radius 1 is 0.646 bits per heavy atom. The van der Waals surface area contributed by atoms with Crippen molar-refractivity contribution in [2.75, 3.05) is 60.9 Å². The van der Waals surface area contributed by atoms with E-state index in [0.717, 1.165) is 43.8 Å². The van der Waals surface area contributed by atoms with Crippen LogP contribution in [-0.2, 0) is 99.1 Å². The highest BCUT2D eigenvalue weighted by atomic mass is 33.1. The molecule has 0 bridgehead atoms. The van der Waals surface area contributed by atoms with Gasteiger partial charge in [0.1, 0.15) is 54.0 Å². The van der Waals surface area contributed by atoms with E-state index in [9.17, 15) is 152 Å². The number of aliphatic carboxylic acids is 6. The van der Waals surface area contributed by atoms with Gasteiger partial charge in [0.15, 0.2) is 46.4 Å². The van der Waals surface area contributed by atoms with Crippen LogP contribution in [0.5, 0.6) is 17.2 Å². The number of aromatic nitrogens is 4. The largest absolute Gasteiger partial charge is 0.507 e. The Bertz CT molecular complexity index is 6370. The number of ketones is 7. The van der Waals surface area contributed by atoms with E-state index >= 15 is 0 Å². The lowest BCUT2D eigenvalue weighted by atomic mass is 9.72. The number of aromatic amines is 1. The number of aliphatic hydroxyl groups is 3. The summed E-state index contributed by atoms with van der Waals surface area (Å²) in [5.41, 5.74) is 4.77. The van der Waals surface area contributed by atoms with Gasteiger partial charge in [-0.1, -0.05) is 82.3 Å². The fraction of sp³-hybridized carbons (Fsp3) is 0.412. The highest BCUT2D eigenvalue weighted by molar-refractivity contribution is 8.76. The monoisotopic (exact) mass is 2090 g/mol. The standard InChI is InChI=1S/C97H104N12O35S3/c1-4-10-60(103-89(131)46(31-72(117)118)27-52(111)21-22-61(94(137)138)104-88(130)45-17-19-50(20-18-45)99-39-51-40-101-87-81(102-51)92(134)109-95(98)108-87)65(112)28-47(32-73(119)120)90(132)105-62(33-74(121)122)66(113)29-48(38-100-71(116)23-25-145-43-59-55-13-7-5-11-53(55)54-12-6-8-14-56(54)59)91(133)106-63(34-75(123)124)67(114)30-49(93(135)136)42-147-146-26-24-142-96(139)107-64-35-76(143-44(2)82(64)125)144-69-37-97(140,70(115)41-110)36-58-78(69)86(129)80-79(84(58)127)83(126)57-15-9-16-68(141-3)77(57)85(80)128/h1,5-9,11-20,40,44,46-49,59-64,69,76,82,99,110,125,127,129,140H,10,21-39,41-43H2,2-3H3,(H,100,116)(H,103,131)(H,104,130)(H,105,132)(H,106,133)(H,107,139)(H,117,118)(H,119,120)(H,121,122)(H,123,124)(H,135,136)(H,137,138)(H3,98,101,108,109,134)/t44?,46-,47-,48-,49-,60-,61-,62-,63-,64?,69-,76?,82?,97-/m0/s1. The molecule has 47 nitrogen and oxygen atoms in total. The Labute approximate surface area is 846 Å². The molecule has 1 fully saturated rings. The van der Waals surface area contributed by atoms with Crippen LogP contribution in [0, 0.1) is 36.0 Å². The number of nitrogens with two attached hydrogens (primary N) is 1. The van der Waals surface area contributed by atoms with Crippen LogP contribution in [0.1, 0.15) is 179 Å². The fourth-order valence-corrected chi connectivity index (χ4v) is 20.6. The summed E-state index contributed by atoms with van der Waals surface area (Å²) in [7, 11) is 2.99. The normalized spacial score (nSPS) is 18.0. The first kappa shape index (κ1) is 112.